The van der Waals surface area contributed by atoms with E-state index < -0.39 is 0 Å². The van der Waals surface area contributed by atoms with Crippen LogP contribution in [0.2, 0.25) is 0 Å². The Bertz CT molecular complexity index is 303. The third-order valence-corrected chi connectivity index (χ3v) is 4.46. The van der Waals surface area contributed by atoms with Gasteiger partial charge in [-0.05, 0) is 38.9 Å². The first-order valence-electron chi connectivity index (χ1n) is 7.50. The van der Waals surface area contributed by atoms with E-state index in [9.17, 15) is 4.79 Å². The maximum absolute atomic E-state index is 12.1. The molecule has 2 saturated heterocycles. The van der Waals surface area contributed by atoms with E-state index in [4.69, 9.17) is 0 Å². The molecule has 4 heteroatoms. The van der Waals surface area contributed by atoms with Crippen LogP contribution in [0.3, 0.4) is 0 Å². The summed E-state index contributed by atoms with van der Waals surface area (Å²) in [5, 5.41) is 0. The van der Waals surface area contributed by atoms with Gasteiger partial charge in [0.2, 0.25) is 5.91 Å². The van der Waals surface area contributed by atoms with Crippen LogP contribution in [0, 0.1) is 5.92 Å². The molecule has 2 fully saturated rings. The summed E-state index contributed by atoms with van der Waals surface area (Å²) in [6, 6.07) is 0. The third kappa shape index (κ3) is 4.32. The van der Waals surface area contributed by atoms with Crippen molar-refractivity contribution in [2.45, 2.75) is 19.3 Å². The van der Waals surface area contributed by atoms with E-state index in [0.29, 0.717) is 18.2 Å². The number of likely N-dealkylation sites (tertiary alicyclic amines) is 1. The van der Waals surface area contributed by atoms with E-state index >= 15 is 0 Å². The lowest BCUT2D eigenvalue weighted by Crippen LogP contribution is -2.48. The van der Waals surface area contributed by atoms with Crippen LogP contribution >= 0.6 is 0 Å². The number of allylic oxidation sites excluding steroid dienone is 1. The molecule has 0 atom stereocenters. The van der Waals surface area contributed by atoms with Gasteiger partial charge < -0.3 is 14.7 Å². The van der Waals surface area contributed by atoms with Gasteiger partial charge in [0.15, 0.2) is 0 Å². The van der Waals surface area contributed by atoms with Gasteiger partial charge in [0.25, 0.3) is 0 Å². The Morgan fingerprint density at radius 2 is 1.79 bits per heavy atom. The molecule has 0 aromatic carbocycles. The highest BCUT2D eigenvalue weighted by atomic mass is 16.2. The van der Waals surface area contributed by atoms with Crippen molar-refractivity contribution < 1.29 is 4.79 Å². The summed E-state index contributed by atoms with van der Waals surface area (Å²) >= 11 is 0. The fourth-order valence-electron chi connectivity index (χ4n) is 2.88. The van der Waals surface area contributed by atoms with Crippen LogP contribution in [-0.2, 0) is 4.79 Å². The van der Waals surface area contributed by atoms with Crippen LogP contribution in [0.4, 0.5) is 0 Å². The molecule has 0 bridgehead atoms. The number of hydrogen-bond donors (Lipinski definition) is 0. The summed E-state index contributed by atoms with van der Waals surface area (Å²) in [5.74, 6) is 1.02. The Balaban J connectivity index is 1.65. The molecule has 108 valence electrons. The lowest BCUT2D eigenvalue weighted by atomic mass is 9.97. The quantitative estimate of drug-likeness (QED) is 0.711. The maximum atomic E-state index is 12.1. The molecule has 0 aromatic heterocycles. The first kappa shape index (κ1) is 14.5. The van der Waals surface area contributed by atoms with Crippen molar-refractivity contribution in [2.24, 2.45) is 5.92 Å². The number of carbonyl (C=O) groups is 1. The fraction of sp³-hybridized carbons (Fsp3) is 0.800. The smallest absolute Gasteiger partial charge is 0.223 e. The molecular formula is C15H27N3O. The van der Waals surface area contributed by atoms with Crippen molar-refractivity contribution >= 4 is 5.91 Å². The molecule has 4 nitrogen and oxygen atoms in total. The van der Waals surface area contributed by atoms with E-state index in [1.807, 2.05) is 4.90 Å². The van der Waals surface area contributed by atoms with Crippen LogP contribution < -0.4 is 0 Å². The second kappa shape index (κ2) is 7.06. The lowest BCUT2D eigenvalue weighted by molar-refractivity contribution is -0.133. The Morgan fingerprint density at radius 1 is 1.16 bits per heavy atom. The van der Waals surface area contributed by atoms with Crippen molar-refractivity contribution in [2.75, 3.05) is 52.9 Å². The van der Waals surface area contributed by atoms with E-state index in [1.54, 1.807) is 0 Å². The topological polar surface area (TPSA) is 26.8 Å². The summed E-state index contributed by atoms with van der Waals surface area (Å²) in [6.07, 6.45) is 5.16. The minimum absolute atomic E-state index is 0.332. The molecule has 0 aliphatic carbocycles. The van der Waals surface area contributed by atoms with Crippen molar-refractivity contribution in [1.82, 2.24) is 14.7 Å². The summed E-state index contributed by atoms with van der Waals surface area (Å²) in [4.78, 5) is 18.9. The van der Waals surface area contributed by atoms with E-state index in [2.05, 4.69) is 29.5 Å². The first-order chi connectivity index (χ1) is 9.19. The average molecular weight is 265 g/mol. The summed E-state index contributed by atoms with van der Waals surface area (Å²) < 4.78 is 0. The maximum Gasteiger partial charge on any atom is 0.223 e. The molecule has 1 amide bonds. The molecule has 2 aliphatic heterocycles. The second-order valence-corrected chi connectivity index (χ2v) is 5.85. The molecule has 2 aliphatic rings. The highest BCUT2D eigenvalue weighted by Crippen LogP contribution is 2.17. The van der Waals surface area contributed by atoms with Gasteiger partial charge in [-0.15, -0.1) is 6.58 Å². The summed E-state index contributed by atoms with van der Waals surface area (Å²) in [6.45, 7) is 10.8. The third-order valence-electron chi connectivity index (χ3n) is 4.46. The second-order valence-electron chi connectivity index (χ2n) is 5.85. The highest BCUT2D eigenvalue weighted by molar-refractivity contribution is 5.76. The number of rotatable bonds is 4. The van der Waals surface area contributed by atoms with Crippen LogP contribution in [0.25, 0.3) is 0 Å². The number of piperazine rings is 1. The predicted molar refractivity (Wildman–Crippen MR) is 78.1 cm³/mol. The van der Waals surface area contributed by atoms with E-state index in [-0.39, 0.29) is 0 Å². The molecule has 0 unspecified atom stereocenters. The zero-order valence-corrected chi connectivity index (χ0v) is 12.2. The predicted octanol–water partition coefficient (Wildman–Crippen LogP) is 1.05. The van der Waals surface area contributed by atoms with Gasteiger partial charge in [-0.25, -0.2) is 0 Å². The molecule has 19 heavy (non-hydrogen) atoms. The fourth-order valence-corrected chi connectivity index (χ4v) is 2.88. The van der Waals surface area contributed by atoms with Crippen LogP contribution in [0.1, 0.15) is 19.3 Å². The molecule has 0 saturated carbocycles. The number of piperidine rings is 1. The average Bonchev–Trinajstić information content (AvgIpc) is 2.46. The van der Waals surface area contributed by atoms with Crippen molar-refractivity contribution in [1.29, 1.82) is 0 Å². The van der Waals surface area contributed by atoms with Gasteiger partial charge in [-0.3, -0.25) is 4.79 Å². The van der Waals surface area contributed by atoms with Gasteiger partial charge in [-0.2, -0.15) is 0 Å². The largest absolute Gasteiger partial charge is 0.340 e. The zero-order chi connectivity index (χ0) is 13.7. The molecular weight excluding hydrogens is 238 g/mol. The monoisotopic (exact) mass is 265 g/mol. The molecule has 0 aromatic rings. The minimum atomic E-state index is 0.332. The van der Waals surface area contributed by atoms with E-state index in [1.165, 1.54) is 12.8 Å². The number of amides is 1. The molecule has 0 radical (unpaired) electrons. The Labute approximate surface area is 117 Å². The number of likely N-dealkylation sites (N-methyl/N-ethyl adjacent to an activating group) is 1. The molecule has 2 rings (SSSR count). The SMILES string of the molecule is C=CC1CCN(CCC(=O)N2CCN(C)CC2)CC1. The van der Waals surface area contributed by atoms with Gasteiger partial charge in [0.1, 0.15) is 0 Å². The van der Waals surface area contributed by atoms with Gasteiger partial charge >= 0.3 is 0 Å². The Morgan fingerprint density at radius 3 is 2.37 bits per heavy atom. The van der Waals surface area contributed by atoms with Gasteiger partial charge in [-0.1, -0.05) is 6.08 Å². The summed E-state index contributed by atoms with van der Waals surface area (Å²) in [7, 11) is 2.12. The van der Waals surface area contributed by atoms with Crippen LogP contribution in [-0.4, -0.2) is 73.5 Å². The van der Waals surface area contributed by atoms with Crippen molar-refractivity contribution in [3.8, 4) is 0 Å². The summed E-state index contributed by atoms with van der Waals surface area (Å²) in [5.41, 5.74) is 0. The highest BCUT2D eigenvalue weighted by Gasteiger charge is 2.21. The van der Waals surface area contributed by atoms with Gasteiger partial charge in [0, 0.05) is 39.1 Å². The standard InChI is InChI=1S/C15H27N3O/c1-3-14-4-7-17(8-5-14)9-6-15(19)18-12-10-16(2)11-13-18/h3,14H,1,4-13H2,2H3. The number of hydrogen-bond acceptors (Lipinski definition) is 3. The molecule has 0 spiro atoms. The molecule has 0 N–H and O–H groups in total. The van der Waals surface area contributed by atoms with Crippen LogP contribution in [0.5, 0.6) is 0 Å². The minimum Gasteiger partial charge on any atom is -0.340 e. The Hall–Kier alpha value is -0.870. The van der Waals surface area contributed by atoms with E-state index in [0.717, 1.165) is 45.8 Å². The first-order valence-corrected chi connectivity index (χ1v) is 7.50. The Kier molecular flexibility index (Phi) is 5.40. The van der Waals surface area contributed by atoms with Crippen molar-refractivity contribution in [3.05, 3.63) is 12.7 Å². The lowest BCUT2D eigenvalue weighted by Gasteiger charge is -2.34. The number of nitrogens with zero attached hydrogens (tertiary/aromatic N) is 3. The van der Waals surface area contributed by atoms with Crippen LogP contribution in [0.15, 0.2) is 12.7 Å². The van der Waals surface area contributed by atoms with Gasteiger partial charge in [0.05, 0.1) is 0 Å². The number of carbonyl (C=O) groups excluding carboxylic acids is 1. The van der Waals surface area contributed by atoms with Crippen molar-refractivity contribution in [3.63, 3.8) is 0 Å². The zero-order valence-electron chi connectivity index (χ0n) is 12.2. The molecule has 2 heterocycles. The normalized spacial score (nSPS) is 23.5.